The molecule has 1 unspecified atom stereocenters. The summed E-state index contributed by atoms with van der Waals surface area (Å²) in [6.07, 6.45) is 4.43. The Bertz CT molecular complexity index is 239. The molecule has 0 saturated carbocycles. The molecule has 3 heteroatoms. The summed E-state index contributed by atoms with van der Waals surface area (Å²) in [7, 11) is 1.56. The smallest absolute Gasteiger partial charge is 0.228 e. The normalized spacial score (nSPS) is 20.6. The fourth-order valence-corrected chi connectivity index (χ4v) is 1.37. The summed E-state index contributed by atoms with van der Waals surface area (Å²) >= 11 is 0. The average molecular weight is 198 g/mol. The van der Waals surface area contributed by atoms with Crippen LogP contribution in [0, 0.1) is 0 Å². The lowest BCUT2D eigenvalue weighted by molar-refractivity contribution is -0.139. The van der Waals surface area contributed by atoms with E-state index in [0.29, 0.717) is 18.8 Å². The van der Waals surface area contributed by atoms with Gasteiger partial charge in [0, 0.05) is 7.11 Å². The molecule has 0 aromatic carbocycles. The van der Waals surface area contributed by atoms with Crippen LogP contribution in [0.25, 0.3) is 0 Å². The number of ketones is 1. The molecular weight excluding hydrogens is 180 g/mol. The van der Waals surface area contributed by atoms with Crippen molar-refractivity contribution in [1.29, 1.82) is 0 Å². The van der Waals surface area contributed by atoms with Gasteiger partial charge in [-0.1, -0.05) is 6.92 Å². The zero-order chi connectivity index (χ0) is 10.6. The molecule has 3 nitrogen and oxygen atoms in total. The summed E-state index contributed by atoms with van der Waals surface area (Å²) in [5, 5.41) is 0. The van der Waals surface area contributed by atoms with E-state index in [-0.39, 0.29) is 5.78 Å². The molecule has 0 bridgehead atoms. The van der Waals surface area contributed by atoms with E-state index in [0.717, 1.165) is 12.8 Å². The fraction of sp³-hybridized carbons (Fsp3) is 0.727. The fourth-order valence-electron chi connectivity index (χ4n) is 1.37. The highest BCUT2D eigenvalue weighted by atomic mass is 16.5. The van der Waals surface area contributed by atoms with Crippen molar-refractivity contribution in [3.8, 4) is 0 Å². The first-order chi connectivity index (χ1) is 6.64. The van der Waals surface area contributed by atoms with Crippen molar-refractivity contribution in [3.63, 3.8) is 0 Å². The predicted octanol–water partition coefficient (Wildman–Crippen LogP) is 2.06. The highest BCUT2D eigenvalue weighted by Gasteiger charge is 2.34. The van der Waals surface area contributed by atoms with Crippen LogP contribution in [-0.4, -0.2) is 25.1 Å². The van der Waals surface area contributed by atoms with Gasteiger partial charge in [-0.15, -0.1) is 0 Å². The Morgan fingerprint density at radius 2 is 2.43 bits per heavy atom. The number of hydrogen-bond acceptors (Lipinski definition) is 3. The Morgan fingerprint density at radius 3 is 2.86 bits per heavy atom. The van der Waals surface area contributed by atoms with Crippen LogP contribution in [0.15, 0.2) is 11.8 Å². The Morgan fingerprint density at radius 1 is 1.71 bits per heavy atom. The molecular formula is C11H18O3. The maximum atomic E-state index is 12.0. The first-order valence-electron chi connectivity index (χ1n) is 5.07. The second kappa shape index (κ2) is 4.60. The summed E-state index contributed by atoms with van der Waals surface area (Å²) in [6.45, 7) is 4.38. The minimum atomic E-state index is -0.733. The molecule has 0 amide bonds. The minimum absolute atomic E-state index is 0.0396. The van der Waals surface area contributed by atoms with Crippen LogP contribution >= 0.6 is 0 Å². The van der Waals surface area contributed by atoms with E-state index in [4.69, 9.17) is 9.47 Å². The number of methoxy groups -OCH3 is 1. The van der Waals surface area contributed by atoms with Crippen LogP contribution < -0.4 is 0 Å². The average Bonchev–Trinajstić information content (AvgIpc) is 2.28. The number of Topliss-reactive ketones (excluding diaryl/α,β-unsaturated/α-hetero) is 1. The van der Waals surface area contributed by atoms with E-state index in [1.165, 1.54) is 0 Å². The number of hydrogen-bond donors (Lipinski definition) is 0. The van der Waals surface area contributed by atoms with Crippen LogP contribution in [0.2, 0.25) is 0 Å². The highest BCUT2D eigenvalue weighted by molar-refractivity contribution is 6.00. The van der Waals surface area contributed by atoms with Crippen LogP contribution in [0.3, 0.4) is 0 Å². The third kappa shape index (κ3) is 2.15. The van der Waals surface area contributed by atoms with Crippen LogP contribution in [0.4, 0.5) is 0 Å². The molecule has 0 N–H and O–H groups in total. The lowest BCUT2D eigenvalue weighted by atomic mass is 9.95. The standard InChI is InChI=1S/C11H18O3/c1-4-11(2,13-3)10(12)9-7-5-6-8-14-9/h7H,4-6,8H2,1-3H3. The van der Waals surface area contributed by atoms with Gasteiger partial charge < -0.3 is 9.47 Å². The third-order valence-electron chi connectivity index (χ3n) is 2.77. The lowest BCUT2D eigenvalue weighted by Gasteiger charge is -2.27. The van der Waals surface area contributed by atoms with Crippen molar-refractivity contribution in [3.05, 3.63) is 11.8 Å². The quantitative estimate of drug-likeness (QED) is 0.693. The largest absolute Gasteiger partial charge is 0.490 e. The first-order valence-corrected chi connectivity index (χ1v) is 5.07. The molecule has 80 valence electrons. The third-order valence-corrected chi connectivity index (χ3v) is 2.77. The molecule has 14 heavy (non-hydrogen) atoms. The van der Waals surface area contributed by atoms with Crippen molar-refractivity contribution in [2.24, 2.45) is 0 Å². The Balaban J connectivity index is 2.76. The summed E-state index contributed by atoms with van der Waals surface area (Å²) in [5.74, 6) is 0.435. The van der Waals surface area contributed by atoms with Crippen molar-refractivity contribution in [1.82, 2.24) is 0 Å². The highest BCUT2D eigenvalue weighted by Crippen LogP contribution is 2.22. The second-order valence-corrected chi connectivity index (χ2v) is 3.68. The molecule has 1 aliphatic heterocycles. The number of allylic oxidation sites excluding steroid dienone is 1. The van der Waals surface area contributed by atoms with Gasteiger partial charge in [0.1, 0.15) is 5.60 Å². The number of carbonyl (C=O) groups excluding carboxylic acids is 1. The second-order valence-electron chi connectivity index (χ2n) is 3.68. The zero-order valence-electron chi connectivity index (χ0n) is 9.13. The Kier molecular flexibility index (Phi) is 3.69. The number of carbonyl (C=O) groups is 1. The predicted molar refractivity (Wildman–Crippen MR) is 54.0 cm³/mol. The molecule has 0 aliphatic carbocycles. The van der Waals surface area contributed by atoms with Gasteiger partial charge in [0.15, 0.2) is 5.76 Å². The first kappa shape index (κ1) is 11.2. The monoisotopic (exact) mass is 198 g/mol. The van der Waals surface area contributed by atoms with Crippen molar-refractivity contribution < 1.29 is 14.3 Å². The van der Waals surface area contributed by atoms with Gasteiger partial charge >= 0.3 is 0 Å². The summed E-state index contributed by atoms with van der Waals surface area (Å²) in [6, 6.07) is 0. The molecule has 1 aliphatic rings. The molecule has 0 saturated heterocycles. The van der Waals surface area contributed by atoms with Gasteiger partial charge in [0.05, 0.1) is 6.61 Å². The van der Waals surface area contributed by atoms with Gasteiger partial charge in [-0.3, -0.25) is 4.79 Å². The molecule has 0 aromatic heterocycles. The number of ether oxygens (including phenoxy) is 2. The number of rotatable bonds is 4. The summed E-state index contributed by atoms with van der Waals surface area (Å²) < 4.78 is 10.6. The maximum absolute atomic E-state index is 12.0. The van der Waals surface area contributed by atoms with Crippen molar-refractivity contribution >= 4 is 5.78 Å². The van der Waals surface area contributed by atoms with Gasteiger partial charge in [-0.25, -0.2) is 0 Å². The topological polar surface area (TPSA) is 35.5 Å². The van der Waals surface area contributed by atoms with E-state index >= 15 is 0 Å². The maximum Gasteiger partial charge on any atom is 0.228 e. The summed E-state index contributed by atoms with van der Waals surface area (Å²) in [5.41, 5.74) is -0.733. The molecule has 0 aromatic rings. The van der Waals surface area contributed by atoms with Crippen LogP contribution in [0.5, 0.6) is 0 Å². The van der Waals surface area contributed by atoms with Crippen molar-refractivity contribution in [2.75, 3.05) is 13.7 Å². The molecule has 1 rings (SSSR count). The van der Waals surface area contributed by atoms with E-state index in [1.54, 1.807) is 14.0 Å². The Hall–Kier alpha value is -0.830. The lowest BCUT2D eigenvalue weighted by Crippen LogP contribution is -2.38. The van der Waals surface area contributed by atoms with Crippen LogP contribution in [-0.2, 0) is 14.3 Å². The molecule has 1 atom stereocenters. The van der Waals surface area contributed by atoms with E-state index in [9.17, 15) is 4.79 Å². The van der Waals surface area contributed by atoms with Crippen molar-refractivity contribution in [2.45, 2.75) is 38.7 Å². The Labute approximate surface area is 85.1 Å². The summed E-state index contributed by atoms with van der Waals surface area (Å²) in [4.78, 5) is 12.0. The van der Waals surface area contributed by atoms with E-state index in [1.807, 2.05) is 13.0 Å². The van der Waals surface area contributed by atoms with Gasteiger partial charge in [-0.2, -0.15) is 0 Å². The van der Waals surface area contributed by atoms with Gasteiger partial charge in [0.2, 0.25) is 5.78 Å². The molecule has 0 radical (unpaired) electrons. The molecule has 1 heterocycles. The SMILES string of the molecule is CCC(C)(OC)C(=O)C1=CCCCO1. The van der Waals surface area contributed by atoms with Gasteiger partial charge in [0.25, 0.3) is 0 Å². The molecule has 0 spiro atoms. The van der Waals surface area contributed by atoms with Gasteiger partial charge in [-0.05, 0) is 32.3 Å². The zero-order valence-corrected chi connectivity index (χ0v) is 9.13. The molecule has 0 fully saturated rings. The van der Waals surface area contributed by atoms with E-state index in [2.05, 4.69) is 0 Å². The van der Waals surface area contributed by atoms with E-state index < -0.39 is 5.60 Å². The van der Waals surface area contributed by atoms with Crippen LogP contribution in [0.1, 0.15) is 33.1 Å². The minimum Gasteiger partial charge on any atom is -0.490 e.